The Hall–Kier alpha value is -0.870. The number of sulfonamides is 1. The van der Waals surface area contributed by atoms with Gasteiger partial charge in [0.25, 0.3) is 0 Å². The highest BCUT2D eigenvalue weighted by Crippen LogP contribution is 2.22. The summed E-state index contributed by atoms with van der Waals surface area (Å²) in [6.45, 7) is 12.5. The molecule has 1 aromatic rings. The Morgan fingerprint density at radius 3 is 2.19 bits per heavy atom. The summed E-state index contributed by atoms with van der Waals surface area (Å²) in [5.41, 5.74) is 2.77. The van der Waals surface area contributed by atoms with Gasteiger partial charge in [-0.1, -0.05) is 45.0 Å². The molecule has 3 N–H and O–H groups in total. The lowest BCUT2D eigenvalue weighted by Gasteiger charge is -2.19. The van der Waals surface area contributed by atoms with Crippen LogP contribution in [0.3, 0.4) is 0 Å². The standard InChI is InChI=1S/C19H34N4O2S.HI/c1-6-20-18(22-14-15-23-26(24,25)7-2)21-13-12-16-8-10-17(11-9-16)19(3,4)5;/h8-11,23H,6-7,12-15H2,1-5H3,(H2,20,21,22);1H. The molecule has 0 spiro atoms. The number of hydrogen-bond acceptors (Lipinski definition) is 3. The Balaban J connectivity index is 0.00000676. The van der Waals surface area contributed by atoms with Gasteiger partial charge in [0, 0.05) is 19.6 Å². The first-order valence-corrected chi connectivity index (χ1v) is 10.9. The van der Waals surface area contributed by atoms with E-state index in [0.717, 1.165) is 19.5 Å². The van der Waals surface area contributed by atoms with Gasteiger partial charge in [-0.15, -0.1) is 24.0 Å². The molecule has 0 saturated carbocycles. The van der Waals surface area contributed by atoms with Gasteiger partial charge >= 0.3 is 0 Å². The second-order valence-electron chi connectivity index (χ2n) is 7.18. The van der Waals surface area contributed by atoms with Crippen LogP contribution in [0.5, 0.6) is 0 Å². The minimum absolute atomic E-state index is 0. The van der Waals surface area contributed by atoms with E-state index in [2.05, 4.69) is 65.4 Å². The lowest BCUT2D eigenvalue weighted by atomic mass is 9.86. The van der Waals surface area contributed by atoms with Gasteiger partial charge in [-0.3, -0.25) is 4.99 Å². The quantitative estimate of drug-likeness (QED) is 0.207. The Morgan fingerprint density at radius 2 is 1.67 bits per heavy atom. The molecule has 0 unspecified atom stereocenters. The fourth-order valence-electron chi connectivity index (χ4n) is 2.31. The molecule has 0 atom stereocenters. The van der Waals surface area contributed by atoms with Crippen molar-refractivity contribution in [3.63, 3.8) is 0 Å². The van der Waals surface area contributed by atoms with Gasteiger partial charge in [-0.05, 0) is 36.8 Å². The van der Waals surface area contributed by atoms with Crippen LogP contribution in [-0.2, 0) is 21.9 Å². The fraction of sp³-hybridized carbons (Fsp3) is 0.632. The maximum atomic E-state index is 11.4. The van der Waals surface area contributed by atoms with Gasteiger partial charge in [0.2, 0.25) is 10.0 Å². The van der Waals surface area contributed by atoms with Gasteiger partial charge in [0.15, 0.2) is 5.96 Å². The monoisotopic (exact) mass is 510 g/mol. The van der Waals surface area contributed by atoms with Crippen molar-refractivity contribution in [1.29, 1.82) is 0 Å². The number of nitrogens with one attached hydrogen (secondary N) is 3. The van der Waals surface area contributed by atoms with Crippen LogP contribution < -0.4 is 15.4 Å². The van der Waals surface area contributed by atoms with Crippen molar-refractivity contribution < 1.29 is 8.42 Å². The molecule has 0 radical (unpaired) electrons. The SMILES string of the molecule is CCNC(=NCCNS(=O)(=O)CC)NCCc1ccc(C(C)(C)C)cc1.I. The predicted molar refractivity (Wildman–Crippen MR) is 126 cm³/mol. The second kappa shape index (κ2) is 12.6. The van der Waals surface area contributed by atoms with Crippen molar-refractivity contribution in [2.45, 2.75) is 46.5 Å². The number of aliphatic imine (C=N–C) groups is 1. The molecule has 0 aliphatic rings. The van der Waals surface area contributed by atoms with E-state index in [1.165, 1.54) is 11.1 Å². The number of guanidine groups is 1. The largest absolute Gasteiger partial charge is 0.357 e. The third kappa shape index (κ3) is 10.9. The highest BCUT2D eigenvalue weighted by atomic mass is 127. The topological polar surface area (TPSA) is 82.6 Å². The summed E-state index contributed by atoms with van der Waals surface area (Å²) in [5.74, 6) is 0.790. The number of rotatable bonds is 9. The highest BCUT2D eigenvalue weighted by molar-refractivity contribution is 14.0. The van der Waals surface area contributed by atoms with E-state index < -0.39 is 10.0 Å². The van der Waals surface area contributed by atoms with Gasteiger partial charge in [-0.25, -0.2) is 13.1 Å². The summed E-state index contributed by atoms with van der Waals surface area (Å²) in [5, 5.41) is 6.46. The summed E-state index contributed by atoms with van der Waals surface area (Å²) in [7, 11) is -3.16. The predicted octanol–water partition coefficient (Wildman–Crippen LogP) is 2.64. The summed E-state index contributed by atoms with van der Waals surface area (Å²) < 4.78 is 25.3. The first-order chi connectivity index (χ1) is 12.2. The average Bonchev–Trinajstić information content (AvgIpc) is 2.58. The molecule has 1 rings (SSSR count). The molecule has 6 nitrogen and oxygen atoms in total. The van der Waals surface area contributed by atoms with Crippen molar-refractivity contribution >= 4 is 40.0 Å². The highest BCUT2D eigenvalue weighted by Gasteiger charge is 2.12. The summed E-state index contributed by atoms with van der Waals surface area (Å²) in [6, 6.07) is 8.72. The van der Waals surface area contributed by atoms with Gasteiger partial charge < -0.3 is 10.6 Å². The summed E-state index contributed by atoms with van der Waals surface area (Å²) >= 11 is 0. The van der Waals surface area contributed by atoms with Gasteiger partial charge in [0.1, 0.15) is 0 Å². The fourth-order valence-corrected chi connectivity index (χ4v) is 2.92. The molecule has 0 aliphatic carbocycles. The van der Waals surface area contributed by atoms with Crippen LogP contribution in [0.4, 0.5) is 0 Å². The van der Waals surface area contributed by atoms with Crippen molar-refractivity contribution in [3.8, 4) is 0 Å². The van der Waals surface area contributed by atoms with Crippen LogP contribution in [-0.4, -0.2) is 46.3 Å². The van der Waals surface area contributed by atoms with Crippen LogP contribution in [0, 0.1) is 0 Å². The molecule has 0 saturated heterocycles. The molecule has 27 heavy (non-hydrogen) atoms. The number of hydrogen-bond donors (Lipinski definition) is 3. The molecule has 8 heteroatoms. The van der Waals surface area contributed by atoms with E-state index in [1.807, 2.05) is 6.92 Å². The Labute approximate surface area is 182 Å². The number of benzene rings is 1. The zero-order valence-electron chi connectivity index (χ0n) is 17.1. The molecule has 0 bridgehead atoms. The smallest absolute Gasteiger partial charge is 0.211 e. The molecular formula is C19H35IN4O2S. The van der Waals surface area contributed by atoms with E-state index in [0.29, 0.717) is 19.0 Å². The normalized spacial score (nSPS) is 12.4. The summed E-state index contributed by atoms with van der Waals surface area (Å²) in [4.78, 5) is 4.40. The Bertz CT molecular complexity index is 668. The molecule has 0 aliphatic heterocycles. The minimum atomic E-state index is -3.16. The van der Waals surface area contributed by atoms with Crippen LogP contribution >= 0.6 is 24.0 Å². The lowest BCUT2D eigenvalue weighted by molar-refractivity contribution is 0.583. The van der Waals surface area contributed by atoms with Crippen molar-refractivity contribution in [3.05, 3.63) is 35.4 Å². The first-order valence-electron chi connectivity index (χ1n) is 9.27. The van der Waals surface area contributed by atoms with E-state index in [1.54, 1.807) is 6.92 Å². The third-order valence-corrected chi connectivity index (χ3v) is 5.36. The molecule has 1 aromatic carbocycles. The van der Waals surface area contributed by atoms with Crippen molar-refractivity contribution in [2.75, 3.05) is 31.9 Å². The Morgan fingerprint density at radius 1 is 1.04 bits per heavy atom. The van der Waals surface area contributed by atoms with Crippen molar-refractivity contribution in [1.82, 2.24) is 15.4 Å². The molecule has 156 valence electrons. The average molecular weight is 510 g/mol. The second-order valence-corrected chi connectivity index (χ2v) is 9.28. The number of halogens is 1. The zero-order valence-corrected chi connectivity index (χ0v) is 20.3. The van der Waals surface area contributed by atoms with Gasteiger partial charge in [-0.2, -0.15) is 0 Å². The molecular weight excluding hydrogens is 475 g/mol. The Kier molecular flexibility index (Phi) is 12.2. The molecule has 0 amide bonds. The van der Waals surface area contributed by atoms with Crippen molar-refractivity contribution in [2.24, 2.45) is 4.99 Å². The third-order valence-electron chi connectivity index (χ3n) is 3.95. The lowest BCUT2D eigenvalue weighted by Crippen LogP contribution is -2.39. The van der Waals surface area contributed by atoms with Gasteiger partial charge in [0.05, 0.1) is 12.3 Å². The zero-order chi connectivity index (χ0) is 19.6. The van der Waals surface area contributed by atoms with E-state index in [4.69, 9.17) is 0 Å². The molecule has 0 aromatic heterocycles. The molecule has 0 heterocycles. The first kappa shape index (κ1) is 26.1. The summed E-state index contributed by atoms with van der Waals surface area (Å²) in [6.07, 6.45) is 0.900. The minimum Gasteiger partial charge on any atom is -0.357 e. The van der Waals surface area contributed by atoms with Crippen LogP contribution in [0.25, 0.3) is 0 Å². The van der Waals surface area contributed by atoms with Crippen LogP contribution in [0.2, 0.25) is 0 Å². The van der Waals surface area contributed by atoms with E-state index in [9.17, 15) is 8.42 Å². The maximum absolute atomic E-state index is 11.4. The maximum Gasteiger partial charge on any atom is 0.211 e. The van der Waals surface area contributed by atoms with Crippen LogP contribution in [0.1, 0.15) is 45.7 Å². The van der Waals surface area contributed by atoms with Crippen LogP contribution in [0.15, 0.2) is 29.3 Å². The van der Waals surface area contributed by atoms with E-state index >= 15 is 0 Å². The molecule has 0 fully saturated rings. The van der Waals surface area contributed by atoms with E-state index in [-0.39, 0.29) is 35.1 Å². The number of nitrogens with zero attached hydrogens (tertiary/aromatic N) is 1.